The van der Waals surface area contributed by atoms with E-state index < -0.39 is 16.1 Å². The van der Waals surface area contributed by atoms with Crippen molar-refractivity contribution in [3.63, 3.8) is 0 Å². The van der Waals surface area contributed by atoms with E-state index in [9.17, 15) is 13.2 Å². The SMILES string of the molecule is CN(c1ccccc1-c1ccc(N2CC[C@H](N)C2=O)nc1)S(C)(=O)=O.Cl. The van der Waals surface area contributed by atoms with Crippen LogP contribution in [-0.2, 0) is 14.8 Å². The summed E-state index contributed by atoms with van der Waals surface area (Å²) in [4.78, 5) is 17.9. The van der Waals surface area contributed by atoms with Crippen LogP contribution in [0.4, 0.5) is 11.5 Å². The number of hydrogen-bond acceptors (Lipinski definition) is 5. The van der Waals surface area contributed by atoms with E-state index in [4.69, 9.17) is 5.73 Å². The van der Waals surface area contributed by atoms with Crippen LogP contribution in [0.15, 0.2) is 42.6 Å². The quantitative estimate of drug-likeness (QED) is 0.847. The molecule has 140 valence electrons. The second-order valence-electron chi connectivity index (χ2n) is 6.04. The first kappa shape index (κ1) is 20.2. The van der Waals surface area contributed by atoms with Gasteiger partial charge in [0, 0.05) is 30.9 Å². The van der Waals surface area contributed by atoms with E-state index >= 15 is 0 Å². The van der Waals surface area contributed by atoms with Crippen LogP contribution in [0, 0.1) is 0 Å². The highest BCUT2D eigenvalue weighted by molar-refractivity contribution is 7.92. The second-order valence-corrected chi connectivity index (χ2v) is 8.05. The topological polar surface area (TPSA) is 96.6 Å². The molecule has 9 heteroatoms. The van der Waals surface area contributed by atoms with Gasteiger partial charge in [0.25, 0.3) is 0 Å². The molecule has 0 radical (unpaired) electrons. The Balaban J connectivity index is 0.00000243. The van der Waals surface area contributed by atoms with Gasteiger partial charge in [-0.25, -0.2) is 13.4 Å². The lowest BCUT2D eigenvalue weighted by Gasteiger charge is -2.20. The number of carbonyl (C=O) groups excluding carboxylic acids is 1. The minimum Gasteiger partial charge on any atom is -0.320 e. The summed E-state index contributed by atoms with van der Waals surface area (Å²) in [7, 11) is -1.86. The first-order valence-corrected chi connectivity index (χ1v) is 9.70. The first-order valence-electron chi connectivity index (χ1n) is 7.85. The molecule has 0 spiro atoms. The van der Waals surface area contributed by atoms with Crippen LogP contribution in [0.1, 0.15) is 6.42 Å². The average molecular weight is 397 g/mol. The van der Waals surface area contributed by atoms with Crippen molar-refractivity contribution in [2.75, 3.05) is 29.1 Å². The zero-order chi connectivity index (χ0) is 18.2. The third-order valence-corrected chi connectivity index (χ3v) is 5.51. The molecule has 1 aliphatic heterocycles. The molecule has 0 saturated carbocycles. The van der Waals surface area contributed by atoms with Gasteiger partial charge in [-0.05, 0) is 24.6 Å². The van der Waals surface area contributed by atoms with Gasteiger partial charge in [-0.15, -0.1) is 12.4 Å². The summed E-state index contributed by atoms with van der Waals surface area (Å²) in [5.41, 5.74) is 7.83. The highest BCUT2D eigenvalue weighted by atomic mass is 35.5. The molecule has 0 unspecified atom stereocenters. The number of rotatable bonds is 4. The Hall–Kier alpha value is -2.16. The summed E-state index contributed by atoms with van der Waals surface area (Å²) in [6.45, 7) is 0.555. The number of para-hydroxylation sites is 1. The van der Waals surface area contributed by atoms with E-state index in [-0.39, 0.29) is 18.3 Å². The minimum absolute atomic E-state index is 0. The van der Waals surface area contributed by atoms with E-state index in [1.807, 2.05) is 18.2 Å². The molecule has 26 heavy (non-hydrogen) atoms. The molecular formula is C17H21ClN4O3S. The number of carbonyl (C=O) groups is 1. The number of amides is 1. The molecule has 1 atom stereocenters. The van der Waals surface area contributed by atoms with Crippen molar-refractivity contribution in [3.8, 4) is 11.1 Å². The highest BCUT2D eigenvalue weighted by Gasteiger charge is 2.30. The third kappa shape index (κ3) is 3.82. The van der Waals surface area contributed by atoms with Crippen molar-refractivity contribution < 1.29 is 13.2 Å². The molecule has 2 aromatic rings. The van der Waals surface area contributed by atoms with Gasteiger partial charge in [0.2, 0.25) is 15.9 Å². The molecular weight excluding hydrogens is 376 g/mol. The van der Waals surface area contributed by atoms with Gasteiger partial charge in [0.15, 0.2) is 0 Å². The standard InChI is InChI=1S/C17H20N4O3S.ClH/c1-20(25(2,23)24)15-6-4-3-5-13(15)12-7-8-16(19-11-12)21-10-9-14(18)17(21)22;/h3-8,11,14H,9-10,18H2,1-2H3;1H/t14-;/m0./s1. The monoisotopic (exact) mass is 396 g/mol. The Morgan fingerprint density at radius 1 is 1.23 bits per heavy atom. The van der Waals surface area contributed by atoms with Crippen LogP contribution >= 0.6 is 12.4 Å². The molecule has 1 aromatic carbocycles. The van der Waals surface area contributed by atoms with Crippen LogP contribution in [0.3, 0.4) is 0 Å². The lowest BCUT2D eigenvalue weighted by Crippen LogP contribution is -2.34. The maximum absolute atomic E-state index is 12.0. The van der Waals surface area contributed by atoms with Gasteiger partial charge in [-0.3, -0.25) is 14.0 Å². The van der Waals surface area contributed by atoms with E-state index in [1.165, 1.54) is 11.4 Å². The smallest absolute Gasteiger partial charge is 0.245 e. The van der Waals surface area contributed by atoms with Crippen LogP contribution in [0.2, 0.25) is 0 Å². The Kier molecular flexibility index (Phi) is 5.90. The zero-order valence-corrected chi connectivity index (χ0v) is 16.1. The van der Waals surface area contributed by atoms with Crippen LogP contribution in [0.5, 0.6) is 0 Å². The number of benzene rings is 1. The molecule has 0 aliphatic carbocycles. The Morgan fingerprint density at radius 2 is 1.92 bits per heavy atom. The predicted molar refractivity (Wildman–Crippen MR) is 105 cm³/mol. The molecule has 1 amide bonds. The van der Waals surface area contributed by atoms with Crippen LogP contribution in [-0.4, -0.2) is 45.2 Å². The van der Waals surface area contributed by atoms with E-state index in [0.29, 0.717) is 24.5 Å². The summed E-state index contributed by atoms with van der Waals surface area (Å²) in [5, 5.41) is 0. The summed E-state index contributed by atoms with van der Waals surface area (Å²) >= 11 is 0. The predicted octanol–water partition coefficient (Wildman–Crippen LogP) is 1.63. The number of anilines is 2. The van der Waals surface area contributed by atoms with Crippen molar-refractivity contribution >= 4 is 39.8 Å². The second kappa shape index (κ2) is 7.61. The van der Waals surface area contributed by atoms with Crippen molar-refractivity contribution in [3.05, 3.63) is 42.6 Å². The first-order chi connectivity index (χ1) is 11.8. The minimum atomic E-state index is -3.37. The molecule has 2 N–H and O–H groups in total. The number of nitrogens with zero attached hydrogens (tertiary/aromatic N) is 3. The third-order valence-electron chi connectivity index (χ3n) is 4.32. The fourth-order valence-electron chi connectivity index (χ4n) is 2.81. The van der Waals surface area contributed by atoms with Gasteiger partial charge in [-0.1, -0.05) is 18.2 Å². The molecule has 1 aromatic heterocycles. The largest absolute Gasteiger partial charge is 0.320 e. The zero-order valence-electron chi connectivity index (χ0n) is 14.5. The molecule has 1 aliphatic rings. The fraction of sp³-hybridized carbons (Fsp3) is 0.294. The van der Waals surface area contributed by atoms with Crippen molar-refractivity contribution in [1.82, 2.24) is 4.98 Å². The average Bonchev–Trinajstić information content (AvgIpc) is 2.93. The van der Waals surface area contributed by atoms with Crippen LogP contribution < -0.4 is 14.9 Å². The lowest BCUT2D eigenvalue weighted by atomic mass is 10.1. The lowest BCUT2D eigenvalue weighted by molar-refractivity contribution is -0.118. The molecule has 2 heterocycles. The van der Waals surface area contributed by atoms with Crippen molar-refractivity contribution in [2.45, 2.75) is 12.5 Å². The normalized spacial score (nSPS) is 17.1. The molecule has 7 nitrogen and oxygen atoms in total. The number of sulfonamides is 1. The van der Waals surface area contributed by atoms with Crippen molar-refractivity contribution in [2.24, 2.45) is 5.73 Å². The maximum Gasteiger partial charge on any atom is 0.245 e. The molecule has 1 saturated heterocycles. The van der Waals surface area contributed by atoms with Gasteiger partial charge >= 0.3 is 0 Å². The van der Waals surface area contributed by atoms with E-state index in [1.54, 1.807) is 29.3 Å². The number of halogens is 1. The van der Waals surface area contributed by atoms with Gasteiger partial charge in [0.1, 0.15) is 5.82 Å². The van der Waals surface area contributed by atoms with Crippen molar-refractivity contribution in [1.29, 1.82) is 0 Å². The summed E-state index contributed by atoms with van der Waals surface area (Å²) < 4.78 is 25.0. The fourth-order valence-corrected chi connectivity index (χ4v) is 3.32. The number of pyridine rings is 1. The Morgan fingerprint density at radius 3 is 2.46 bits per heavy atom. The van der Waals surface area contributed by atoms with Gasteiger partial charge in [0.05, 0.1) is 18.0 Å². The number of hydrogen-bond donors (Lipinski definition) is 1. The summed E-state index contributed by atoms with van der Waals surface area (Å²) in [6.07, 6.45) is 3.42. The molecule has 0 bridgehead atoms. The summed E-state index contributed by atoms with van der Waals surface area (Å²) in [5.74, 6) is 0.424. The van der Waals surface area contributed by atoms with Crippen LogP contribution in [0.25, 0.3) is 11.1 Å². The Bertz CT molecular complexity index is 902. The molecule has 1 fully saturated rings. The maximum atomic E-state index is 12.0. The van der Waals surface area contributed by atoms with E-state index in [2.05, 4.69) is 4.98 Å². The Labute approximate surface area is 159 Å². The van der Waals surface area contributed by atoms with E-state index in [0.717, 1.165) is 17.4 Å². The highest BCUT2D eigenvalue weighted by Crippen LogP contribution is 2.32. The number of aromatic nitrogens is 1. The molecule has 3 rings (SSSR count). The number of nitrogens with two attached hydrogens (primary N) is 1. The van der Waals surface area contributed by atoms with Gasteiger partial charge < -0.3 is 5.73 Å². The summed E-state index contributed by atoms with van der Waals surface area (Å²) in [6, 6.07) is 10.3. The van der Waals surface area contributed by atoms with Gasteiger partial charge in [-0.2, -0.15) is 0 Å².